The first kappa shape index (κ1) is 17.6. The number of carbonyl (C=O) groups excluding carboxylic acids is 1. The second-order valence-electron chi connectivity index (χ2n) is 7.89. The standard InChI is InChI=1S/C21H28N2O3/c1-15(2)25-13-18-4-3-8-21(18)14-23(10-11-26-21)20(24)17-5-6-19-16(12-17)7-9-22-19/h5-7,9,12,15,18,22H,3-4,8,10-11,13-14H2,1-2H3/t18-,21+/m1/s1. The number of fused-ring (bicyclic) bond motifs is 1. The molecule has 2 atom stereocenters. The summed E-state index contributed by atoms with van der Waals surface area (Å²) in [6.07, 6.45) is 5.40. The maximum absolute atomic E-state index is 13.1. The maximum atomic E-state index is 13.1. The Balaban J connectivity index is 1.51. The fraction of sp³-hybridized carbons (Fsp3) is 0.571. The van der Waals surface area contributed by atoms with Crippen LogP contribution in [0.5, 0.6) is 0 Å². The van der Waals surface area contributed by atoms with Crippen molar-refractivity contribution in [2.45, 2.75) is 44.8 Å². The number of H-pyrrole nitrogens is 1. The molecule has 2 aliphatic rings. The number of morpholine rings is 1. The van der Waals surface area contributed by atoms with E-state index in [9.17, 15) is 4.79 Å². The Kier molecular flexibility index (Phi) is 4.76. The lowest BCUT2D eigenvalue weighted by molar-refractivity contribution is -0.136. The first-order valence-corrected chi connectivity index (χ1v) is 9.69. The van der Waals surface area contributed by atoms with Crippen molar-refractivity contribution in [1.82, 2.24) is 9.88 Å². The van der Waals surface area contributed by atoms with E-state index < -0.39 is 0 Å². The maximum Gasteiger partial charge on any atom is 0.254 e. The van der Waals surface area contributed by atoms with Crippen molar-refractivity contribution in [2.75, 3.05) is 26.3 Å². The molecular weight excluding hydrogens is 328 g/mol. The molecule has 5 heteroatoms. The zero-order valence-corrected chi connectivity index (χ0v) is 15.7. The van der Waals surface area contributed by atoms with Crippen LogP contribution in [0.25, 0.3) is 10.9 Å². The van der Waals surface area contributed by atoms with Crippen LogP contribution in [0.15, 0.2) is 30.5 Å². The van der Waals surface area contributed by atoms with Gasteiger partial charge < -0.3 is 19.4 Å². The average Bonchev–Trinajstić information content (AvgIpc) is 3.25. The summed E-state index contributed by atoms with van der Waals surface area (Å²) in [4.78, 5) is 18.3. The van der Waals surface area contributed by atoms with E-state index in [0.717, 1.165) is 42.3 Å². The molecule has 0 bridgehead atoms. The third-order valence-electron chi connectivity index (χ3n) is 5.82. The van der Waals surface area contributed by atoms with Crippen molar-refractivity contribution in [3.63, 3.8) is 0 Å². The molecule has 2 heterocycles. The van der Waals surface area contributed by atoms with E-state index in [2.05, 4.69) is 18.8 Å². The molecule has 1 saturated heterocycles. The lowest BCUT2D eigenvalue weighted by atomic mass is 9.89. The Labute approximate surface area is 154 Å². The highest BCUT2D eigenvalue weighted by atomic mass is 16.5. The van der Waals surface area contributed by atoms with Crippen molar-refractivity contribution >= 4 is 16.8 Å². The summed E-state index contributed by atoms with van der Waals surface area (Å²) < 4.78 is 12.2. The number of ether oxygens (including phenoxy) is 2. The largest absolute Gasteiger partial charge is 0.378 e. The molecule has 140 valence electrons. The number of aromatic amines is 1. The molecule has 26 heavy (non-hydrogen) atoms. The number of hydrogen-bond donors (Lipinski definition) is 1. The molecule has 1 aromatic heterocycles. The van der Waals surface area contributed by atoms with E-state index in [4.69, 9.17) is 9.47 Å². The summed E-state index contributed by atoms with van der Waals surface area (Å²) in [5.74, 6) is 0.471. The van der Waals surface area contributed by atoms with E-state index >= 15 is 0 Å². The minimum atomic E-state index is -0.235. The van der Waals surface area contributed by atoms with Crippen LogP contribution in [0.4, 0.5) is 0 Å². The number of carbonyl (C=O) groups is 1. The summed E-state index contributed by atoms with van der Waals surface area (Å²) in [7, 11) is 0. The minimum absolute atomic E-state index is 0.103. The SMILES string of the molecule is CC(C)OC[C@H]1CCC[C@]12CN(C(=O)c1ccc3[nH]ccc3c1)CCO2. The average molecular weight is 356 g/mol. The number of rotatable bonds is 4. The molecule has 5 nitrogen and oxygen atoms in total. The molecule has 1 aromatic carbocycles. The molecule has 1 aliphatic heterocycles. The second kappa shape index (κ2) is 7.05. The van der Waals surface area contributed by atoms with Gasteiger partial charge in [-0.15, -0.1) is 0 Å². The molecule has 0 unspecified atom stereocenters. The van der Waals surface area contributed by atoms with Gasteiger partial charge in [0.15, 0.2) is 0 Å². The Bertz CT molecular complexity index is 784. The summed E-state index contributed by atoms with van der Waals surface area (Å²) in [5, 5.41) is 1.07. The summed E-state index contributed by atoms with van der Waals surface area (Å²) in [5.41, 5.74) is 1.57. The zero-order chi connectivity index (χ0) is 18.1. The third kappa shape index (κ3) is 3.26. The fourth-order valence-electron chi connectivity index (χ4n) is 4.41. The Morgan fingerprint density at radius 2 is 2.31 bits per heavy atom. The number of hydrogen-bond acceptors (Lipinski definition) is 3. The van der Waals surface area contributed by atoms with Crippen LogP contribution in [0, 0.1) is 5.92 Å². The molecule has 2 fully saturated rings. The van der Waals surface area contributed by atoms with Crippen LogP contribution < -0.4 is 0 Å². The highest BCUT2D eigenvalue weighted by molar-refractivity contribution is 5.98. The zero-order valence-electron chi connectivity index (χ0n) is 15.7. The smallest absolute Gasteiger partial charge is 0.254 e. The molecule has 1 saturated carbocycles. The van der Waals surface area contributed by atoms with E-state index in [1.807, 2.05) is 35.4 Å². The van der Waals surface area contributed by atoms with Crippen LogP contribution >= 0.6 is 0 Å². The predicted molar refractivity (Wildman–Crippen MR) is 101 cm³/mol. The number of nitrogens with one attached hydrogen (secondary N) is 1. The molecule has 1 amide bonds. The lowest BCUT2D eigenvalue weighted by Gasteiger charge is -2.44. The highest BCUT2D eigenvalue weighted by Gasteiger charge is 2.48. The van der Waals surface area contributed by atoms with Gasteiger partial charge in [0.25, 0.3) is 5.91 Å². The van der Waals surface area contributed by atoms with Gasteiger partial charge in [-0.2, -0.15) is 0 Å². The monoisotopic (exact) mass is 356 g/mol. The first-order valence-electron chi connectivity index (χ1n) is 9.69. The summed E-state index contributed by atoms with van der Waals surface area (Å²) in [6, 6.07) is 7.87. The third-order valence-corrected chi connectivity index (χ3v) is 5.82. The van der Waals surface area contributed by atoms with Crippen LogP contribution in [-0.4, -0.2) is 53.8 Å². The fourth-order valence-corrected chi connectivity index (χ4v) is 4.41. The van der Waals surface area contributed by atoms with Gasteiger partial charge in [-0.3, -0.25) is 4.79 Å². The molecular formula is C21H28N2O3. The predicted octanol–water partition coefficient (Wildman–Crippen LogP) is 3.60. The Morgan fingerprint density at radius 1 is 1.42 bits per heavy atom. The van der Waals surface area contributed by atoms with Crippen molar-refractivity contribution in [2.24, 2.45) is 5.92 Å². The van der Waals surface area contributed by atoms with Crippen molar-refractivity contribution in [3.8, 4) is 0 Å². The van der Waals surface area contributed by atoms with Gasteiger partial charge in [-0.1, -0.05) is 6.42 Å². The van der Waals surface area contributed by atoms with Gasteiger partial charge in [-0.05, 0) is 51.0 Å². The van der Waals surface area contributed by atoms with Crippen molar-refractivity contribution in [1.29, 1.82) is 0 Å². The second-order valence-corrected chi connectivity index (χ2v) is 7.89. The highest BCUT2D eigenvalue weighted by Crippen LogP contribution is 2.41. The molecule has 4 rings (SSSR count). The Hall–Kier alpha value is -1.85. The molecule has 0 radical (unpaired) electrons. The summed E-state index contributed by atoms with van der Waals surface area (Å²) in [6.45, 7) is 6.78. The van der Waals surface area contributed by atoms with Crippen LogP contribution in [0.2, 0.25) is 0 Å². The normalized spacial score (nSPS) is 26.3. The number of aromatic nitrogens is 1. The van der Waals surface area contributed by atoms with Gasteiger partial charge in [0.1, 0.15) is 0 Å². The summed E-state index contributed by atoms with van der Waals surface area (Å²) >= 11 is 0. The van der Waals surface area contributed by atoms with Gasteiger partial charge in [0, 0.05) is 35.1 Å². The van der Waals surface area contributed by atoms with Gasteiger partial charge >= 0.3 is 0 Å². The van der Waals surface area contributed by atoms with E-state index in [0.29, 0.717) is 25.6 Å². The van der Waals surface area contributed by atoms with Gasteiger partial charge in [0.05, 0.1) is 31.5 Å². The molecule has 1 spiro atoms. The number of benzene rings is 1. The molecule has 1 N–H and O–H groups in total. The minimum Gasteiger partial charge on any atom is -0.378 e. The van der Waals surface area contributed by atoms with Crippen molar-refractivity contribution < 1.29 is 14.3 Å². The van der Waals surface area contributed by atoms with Gasteiger partial charge in [0.2, 0.25) is 0 Å². The quantitative estimate of drug-likeness (QED) is 0.911. The van der Waals surface area contributed by atoms with Crippen LogP contribution in [0.1, 0.15) is 43.5 Å². The molecule has 2 aromatic rings. The number of amides is 1. The van der Waals surface area contributed by atoms with E-state index in [1.54, 1.807) is 0 Å². The van der Waals surface area contributed by atoms with E-state index in [-0.39, 0.29) is 17.6 Å². The van der Waals surface area contributed by atoms with E-state index in [1.165, 1.54) is 0 Å². The Morgan fingerprint density at radius 3 is 3.15 bits per heavy atom. The van der Waals surface area contributed by atoms with Crippen molar-refractivity contribution in [3.05, 3.63) is 36.0 Å². The lowest BCUT2D eigenvalue weighted by Crippen LogP contribution is -2.56. The van der Waals surface area contributed by atoms with Crippen LogP contribution in [-0.2, 0) is 9.47 Å². The van der Waals surface area contributed by atoms with Crippen LogP contribution in [0.3, 0.4) is 0 Å². The molecule has 1 aliphatic carbocycles. The topological polar surface area (TPSA) is 54.6 Å². The first-order chi connectivity index (χ1) is 12.6. The van der Waals surface area contributed by atoms with Gasteiger partial charge in [-0.25, -0.2) is 0 Å². The number of nitrogens with zero attached hydrogens (tertiary/aromatic N) is 1.